The lowest BCUT2D eigenvalue weighted by molar-refractivity contribution is 0.0950. The molecule has 0 atom stereocenters. The van der Waals surface area contributed by atoms with Crippen molar-refractivity contribution in [1.82, 2.24) is 15.1 Å². The Balaban J connectivity index is 2.13. The number of aromatic nitrogens is 2. The highest BCUT2D eigenvalue weighted by Crippen LogP contribution is 2.14. The summed E-state index contributed by atoms with van der Waals surface area (Å²) in [5.41, 5.74) is 0.531. The van der Waals surface area contributed by atoms with Crippen molar-refractivity contribution in [2.75, 3.05) is 13.2 Å². The number of aliphatic hydroxyl groups excluding tert-OH is 1. The molecule has 100 valence electrons. The van der Waals surface area contributed by atoms with Gasteiger partial charge < -0.3 is 10.4 Å². The van der Waals surface area contributed by atoms with Gasteiger partial charge >= 0.3 is 0 Å². The quantitative estimate of drug-likeness (QED) is 0.794. The Kier molecular flexibility index (Phi) is 4.25. The second-order valence-electron chi connectivity index (χ2n) is 3.95. The summed E-state index contributed by atoms with van der Waals surface area (Å²) in [4.78, 5) is 11.7. The number of aliphatic hydroxyl groups is 1. The topological polar surface area (TPSA) is 67.2 Å². The van der Waals surface area contributed by atoms with Gasteiger partial charge in [0.2, 0.25) is 0 Å². The smallest absolute Gasteiger partial charge is 0.251 e. The van der Waals surface area contributed by atoms with E-state index < -0.39 is 5.82 Å². The first-order valence-electron chi connectivity index (χ1n) is 5.91. The second-order valence-corrected chi connectivity index (χ2v) is 3.95. The van der Waals surface area contributed by atoms with Gasteiger partial charge in [0.05, 0.1) is 0 Å². The summed E-state index contributed by atoms with van der Waals surface area (Å²) in [6.45, 7) is 0.366. The number of hydrogen-bond donors (Lipinski definition) is 2. The van der Waals surface area contributed by atoms with Crippen molar-refractivity contribution in [1.29, 1.82) is 0 Å². The van der Waals surface area contributed by atoms with Crippen LogP contribution in [0.15, 0.2) is 36.7 Å². The van der Waals surface area contributed by atoms with Gasteiger partial charge in [0, 0.05) is 31.1 Å². The number of hydrogen-bond acceptors (Lipinski definition) is 3. The minimum Gasteiger partial charge on any atom is -0.396 e. The Bertz CT molecular complexity index is 555. The Labute approximate surface area is 109 Å². The minimum absolute atomic E-state index is 0.00682. The molecule has 0 saturated heterocycles. The Morgan fingerprint density at radius 1 is 1.47 bits per heavy atom. The number of carbonyl (C=O) groups excluding carboxylic acids is 1. The monoisotopic (exact) mass is 263 g/mol. The maximum atomic E-state index is 13.9. The molecular formula is C13H14FN3O2. The number of carbonyl (C=O) groups is 1. The van der Waals surface area contributed by atoms with Gasteiger partial charge in [-0.3, -0.25) is 4.79 Å². The fourth-order valence-electron chi connectivity index (χ4n) is 1.63. The molecule has 5 nitrogen and oxygen atoms in total. The Hall–Kier alpha value is -2.21. The summed E-state index contributed by atoms with van der Waals surface area (Å²) in [5.74, 6) is -0.877. The summed E-state index contributed by atoms with van der Waals surface area (Å²) in [6, 6.07) is 5.90. The molecule has 0 spiro atoms. The zero-order chi connectivity index (χ0) is 13.7. The number of nitrogens with one attached hydrogen (secondary N) is 1. The summed E-state index contributed by atoms with van der Waals surface area (Å²) in [6.07, 6.45) is 3.65. The molecule has 0 aliphatic rings. The van der Waals surface area contributed by atoms with E-state index in [0.29, 0.717) is 13.0 Å². The van der Waals surface area contributed by atoms with Crippen molar-refractivity contribution in [3.63, 3.8) is 0 Å². The van der Waals surface area contributed by atoms with Crippen molar-refractivity contribution < 1.29 is 14.3 Å². The normalized spacial score (nSPS) is 10.4. The lowest BCUT2D eigenvalue weighted by Gasteiger charge is -2.07. The number of nitrogens with zero attached hydrogens (tertiary/aromatic N) is 2. The number of amides is 1. The molecule has 0 unspecified atom stereocenters. The van der Waals surface area contributed by atoms with Crippen molar-refractivity contribution in [2.45, 2.75) is 6.42 Å². The van der Waals surface area contributed by atoms with Crippen molar-refractivity contribution >= 4 is 5.91 Å². The first kappa shape index (κ1) is 13.2. The zero-order valence-corrected chi connectivity index (χ0v) is 10.2. The van der Waals surface area contributed by atoms with Gasteiger partial charge in [-0.25, -0.2) is 9.07 Å². The highest BCUT2D eigenvalue weighted by Gasteiger charge is 2.10. The van der Waals surface area contributed by atoms with Crippen LogP contribution in [0.3, 0.4) is 0 Å². The highest BCUT2D eigenvalue weighted by molar-refractivity contribution is 5.94. The average molecular weight is 263 g/mol. The van der Waals surface area contributed by atoms with E-state index in [2.05, 4.69) is 10.4 Å². The molecule has 1 heterocycles. The molecule has 0 aliphatic heterocycles. The van der Waals surface area contributed by atoms with E-state index in [-0.39, 0.29) is 23.8 Å². The van der Waals surface area contributed by atoms with Crippen LogP contribution in [0, 0.1) is 5.82 Å². The van der Waals surface area contributed by atoms with Gasteiger partial charge in [0.25, 0.3) is 5.91 Å². The third-order valence-corrected chi connectivity index (χ3v) is 2.58. The predicted octanol–water partition coefficient (Wildman–Crippen LogP) is 1.12. The Morgan fingerprint density at radius 3 is 2.95 bits per heavy atom. The van der Waals surface area contributed by atoms with Crippen LogP contribution in [0.5, 0.6) is 0 Å². The van der Waals surface area contributed by atoms with Gasteiger partial charge in [0.1, 0.15) is 11.5 Å². The van der Waals surface area contributed by atoms with E-state index in [1.165, 1.54) is 22.9 Å². The molecule has 2 rings (SSSR count). The van der Waals surface area contributed by atoms with Crippen molar-refractivity contribution in [3.8, 4) is 5.69 Å². The van der Waals surface area contributed by atoms with Crippen LogP contribution in [0.2, 0.25) is 0 Å². The Morgan fingerprint density at radius 2 is 2.32 bits per heavy atom. The molecule has 0 saturated carbocycles. The van der Waals surface area contributed by atoms with Gasteiger partial charge in [-0.15, -0.1) is 0 Å². The largest absolute Gasteiger partial charge is 0.396 e. The molecule has 2 aromatic rings. The number of rotatable bonds is 5. The summed E-state index contributed by atoms with van der Waals surface area (Å²) >= 11 is 0. The van der Waals surface area contributed by atoms with Gasteiger partial charge in [0.15, 0.2) is 0 Å². The molecule has 0 radical (unpaired) electrons. The second kappa shape index (κ2) is 6.10. The molecular weight excluding hydrogens is 249 g/mol. The van der Waals surface area contributed by atoms with Crippen molar-refractivity contribution in [2.24, 2.45) is 0 Å². The SMILES string of the molecule is O=C(NCCCO)c1ccc(-n2cccn2)c(F)c1. The van der Waals surface area contributed by atoms with Crippen LogP contribution in [0.1, 0.15) is 16.8 Å². The lowest BCUT2D eigenvalue weighted by atomic mass is 10.2. The third kappa shape index (κ3) is 3.17. The maximum absolute atomic E-state index is 13.9. The van der Waals surface area contributed by atoms with Gasteiger partial charge in [-0.2, -0.15) is 5.10 Å². The van der Waals surface area contributed by atoms with Gasteiger partial charge in [-0.1, -0.05) is 0 Å². The molecule has 2 N–H and O–H groups in total. The van der Waals surface area contributed by atoms with E-state index in [9.17, 15) is 9.18 Å². The highest BCUT2D eigenvalue weighted by atomic mass is 19.1. The van der Waals surface area contributed by atoms with Crippen LogP contribution in [0.4, 0.5) is 4.39 Å². The molecule has 6 heteroatoms. The lowest BCUT2D eigenvalue weighted by Crippen LogP contribution is -2.25. The standard InChI is InChI=1S/C13H14FN3O2/c14-11-9-10(13(19)15-5-2-8-18)3-4-12(11)17-7-1-6-16-17/h1,3-4,6-7,9,18H,2,5,8H2,(H,15,19). The molecule has 1 amide bonds. The minimum atomic E-state index is -0.515. The fraction of sp³-hybridized carbons (Fsp3) is 0.231. The number of halogens is 1. The summed E-state index contributed by atoms with van der Waals surface area (Å²) in [5, 5.41) is 15.1. The third-order valence-electron chi connectivity index (χ3n) is 2.58. The van der Waals surface area contributed by atoms with Crippen LogP contribution >= 0.6 is 0 Å². The van der Waals surface area contributed by atoms with Crippen LogP contribution in [-0.4, -0.2) is 33.9 Å². The molecule has 1 aromatic heterocycles. The van der Waals surface area contributed by atoms with E-state index >= 15 is 0 Å². The van der Waals surface area contributed by atoms with E-state index in [4.69, 9.17) is 5.11 Å². The van der Waals surface area contributed by atoms with Gasteiger partial charge in [-0.05, 0) is 30.7 Å². The molecule has 0 bridgehead atoms. The first-order valence-corrected chi connectivity index (χ1v) is 5.91. The van der Waals surface area contributed by atoms with E-state index in [1.807, 2.05) is 0 Å². The summed E-state index contributed by atoms with van der Waals surface area (Å²) in [7, 11) is 0. The average Bonchev–Trinajstić information content (AvgIpc) is 2.92. The zero-order valence-electron chi connectivity index (χ0n) is 10.2. The fourth-order valence-corrected chi connectivity index (χ4v) is 1.63. The van der Waals surface area contributed by atoms with E-state index in [0.717, 1.165) is 0 Å². The maximum Gasteiger partial charge on any atom is 0.251 e. The molecule has 0 fully saturated rings. The van der Waals surface area contributed by atoms with Crippen molar-refractivity contribution in [3.05, 3.63) is 48.0 Å². The first-order chi connectivity index (χ1) is 9.22. The van der Waals surface area contributed by atoms with E-state index in [1.54, 1.807) is 18.5 Å². The van der Waals surface area contributed by atoms with Crippen LogP contribution in [0.25, 0.3) is 5.69 Å². The van der Waals surface area contributed by atoms with Crippen LogP contribution < -0.4 is 5.32 Å². The molecule has 0 aliphatic carbocycles. The van der Waals surface area contributed by atoms with Crippen LogP contribution in [-0.2, 0) is 0 Å². The summed E-state index contributed by atoms with van der Waals surface area (Å²) < 4.78 is 15.3. The predicted molar refractivity (Wildman–Crippen MR) is 67.6 cm³/mol. The molecule has 1 aromatic carbocycles. The molecule has 19 heavy (non-hydrogen) atoms. The number of benzene rings is 1.